The predicted molar refractivity (Wildman–Crippen MR) is 130 cm³/mol. The Morgan fingerprint density at radius 3 is 2.45 bits per heavy atom. The number of carbonyl (C=O) groups is 1. The number of anilines is 1. The van der Waals surface area contributed by atoms with Gasteiger partial charge in [0, 0.05) is 5.69 Å². The van der Waals surface area contributed by atoms with Gasteiger partial charge in [0.1, 0.15) is 17.5 Å². The van der Waals surface area contributed by atoms with E-state index in [0.717, 1.165) is 12.8 Å². The van der Waals surface area contributed by atoms with Crippen LogP contribution in [0.4, 0.5) is 10.1 Å². The van der Waals surface area contributed by atoms with Crippen molar-refractivity contribution in [3.63, 3.8) is 0 Å². The minimum Gasteiger partial charge on any atom is -0.490 e. The van der Waals surface area contributed by atoms with Crippen molar-refractivity contribution < 1.29 is 18.7 Å². The third-order valence-corrected chi connectivity index (χ3v) is 5.13. The maximum atomic E-state index is 13.1. The summed E-state index contributed by atoms with van der Waals surface area (Å²) in [5.41, 5.74) is 0.786. The second-order valence-corrected chi connectivity index (χ2v) is 7.92. The number of hydrogen-bond acceptors (Lipinski definition) is 4. The Bertz CT molecular complexity index is 984. The van der Waals surface area contributed by atoms with E-state index < -0.39 is 11.7 Å². The van der Waals surface area contributed by atoms with Gasteiger partial charge >= 0.3 is 0 Å². The Morgan fingerprint density at radius 1 is 1.09 bits per heavy atom. The minimum atomic E-state index is -0.610. The van der Waals surface area contributed by atoms with Crippen molar-refractivity contribution in [1.29, 1.82) is 5.26 Å². The molecule has 7 heteroatoms. The normalized spacial score (nSPS) is 11.1. The van der Waals surface area contributed by atoms with E-state index in [2.05, 4.69) is 12.2 Å². The molecule has 0 fully saturated rings. The first-order valence-corrected chi connectivity index (χ1v) is 11.6. The molecule has 2 aromatic rings. The van der Waals surface area contributed by atoms with Crippen molar-refractivity contribution in [3.8, 4) is 17.6 Å². The van der Waals surface area contributed by atoms with Crippen LogP contribution in [0.1, 0.15) is 57.9 Å². The summed E-state index contributed by atoms with van der Waals surface area (Å²) in [5, 5.41) is 12.4. The van der Waals surface area contributed by atoms with Crippen molar-refractivity contribution in [2.45, 2.75) is 52.4 Å². The van der Waals surface area contributed by atoms with Crippen molar-refractivity contribution in [2.24, 2.45) is 0 Å². The van der Waals surface area contributed by atoms with Crippen molar-refractivity contribution >= 4 is 29.3 Å². The Morgan fingerprint density at radius 2 is 1.79 bits per heavy atom. The molecule has 0 spiro atoms. The summed E-state index contributed by atoms with van der Waals surface area (Å²) in [6, 6.07) is 10.5. The molecule has 0 aliphatic rings. The van der Waals surface area contributed by atoms with Crippen LogP contribution < -0.4 is 14.8 Å². The highest BCUT2D eigenvalue weighted by molar-refractivity contribution is 6.32. The highest BCUT2D eigenvalue weighted by Gasteiger charge is 2.15. The molecule has 0 aromatic heterocycles. The van der Waals surface area contributed by atoms with E-state index in [-0.39, 0.29) is 5.57 Å². The molecule has 2 rings (SSSR count). The van der Waals surface area contributed by atoms with Gasteiger partial charge in [-0.1, -0.05) is 50.6 Å². The molecule has 0 radical (unpaired) electrons. The van der Waals surface area contributed by atoms with E-state index in [4.69, 9.17) is 21.1 Å². The maximum Gasteiger partial charge on any atom is 0.266 e. The fourth-order valence-electron chi connectivity index (χ4n) is 3.18. The zero-order valence-corrected chi connectivity index (χ0v) is 19.9. The average molecular weight is 473 g/mol. The van der Waals surface area contributed by atoms with Crippen LogP contribution in [0.15, 0.2) is 42.0 Å². The van der Waals surface area contributed by atoms with Gasteiger partial charge in [0.05, 0.1) is 18.2 Å². The van der Waals surface area contributed by atoms with Gasteiger partial charge in [-0.05, 0) is 61.4 Å². The van der Waals surface area contributed by atoms with Crippen LogP contribution in [0.25, 0.3) is 6.08 Å². The molecule has 0 bridgehead atoms. The third kappa shape index (κ3) is 8.78. The highest BCUT2D eigenvalue weighted by Crippen LogP contribution is 2.37. The summed E-state index contributed by atoms with van der Waals surface area (Å²) in [6.45, 7) is 4.99. The highest BCUT2D eigenvalue weighted by atomic mass is 35.5. The molecule has 0 heterocycles. The Balaban J connectivity index is 2.11. The first-order valence-electron chi connectivity index (χ1n) is 11.3. The quantitative estimate of drug-likeness (QED) is 0.190. The van der Waals surface area contributed by atoms with E-state index in [0.29, 0.717) is 41.0 Å². The second kappa shape index (κ2) is 14.2. The number of nitrogens with one attached hydrogen (secondary N) is 1. The molecule has 1 N–H and O–H groups in total. The molecular weight excluding hydrogens is 443 g/mol. The van der Waals surface area contributed by atoms with Crippen molar-refractivity contribution in [3.05, 3.63) is 58.4 Å². The largest absolute Gasteiger partial charge is 0.490 e. The molecule has 0 saturated heterocycles. The number of benzene rings is 2. The van der Waals surface area contributed by atoms with E-state index in [1.165, 1.54) is 56.0 Å². The van der Waals surface area contributed by atoms with Crippen LogP contribution in [-0.2, 0) is 4.79 Å². The molecule has 1 amide bonds. The molecular formula is C26H30ClFN2O3. The number of unbranched alkanes of at least 4 members (excludes halogenated alkanes) is 5. The van der Waals surface area contributed by atoms with Crippen molar-refractivity contribution in [1.82, 2.24) is 0 Å². The number of rotatable bonds is 13. The molecule has 33 heavy (non-hydrogen) atoms. The Labute approximate surface area is 200 Å². The lowest BCUT2D eigenvalue weighted by molar-refractivity contribution is -0.112. The fourth-order valence-corrected chi connectivity index (χ4v) is 3.45. The second-order valence-electron chi connectivity index (χ2n) is 7.51. The van der Waals surface area contributed by atoms with Gasteiger partial charge in [-0.3, -0.25) is 4.79 Å². The zero-order chi connectivity index (χ0) is 24.1. The van der Waals surface area contributed by atoms with Crippen LogP contribution in [0, 0.1) is 17.1 Å². The molecule has 0 atom stereocenters. The van der Waals surface area contributed by atoms with E-state index in [9.17, 15) is 14.4 Å². The third-order valence-electron chi connectivity index (χ3n) is 4.85. The molecule has 176 valence electrons. The smallest absolute Gasteiger partial charge is 0.266 e. The molecule has 2 aromatic carbocycles. The van der Waals surface area contributed by atoms with E-state index in [1.54, 1.807) is 12.1 Å². The molecule has 0 aliphatic heterocycles. The number of nitrogens with zero attached hydrogens (tertiary/aromatic N) is 1. The van der Waals surface area contributed by atoms with E-state index >= 15 is 0 Å². The number of halogens is 2. The first kappa shape index (κ1) is 26.2. The first-order chi connectivity index (χ1) is 16.0. The van der Waals surface area contributed by atoms with Gasteiger partial charge in [-0.2, -0.15) is 5.26 Å². The number of carbonyl (C=O) groups excluding carboxylic acids is 1. The van der Waals surface area contributed by atoms with Crippen molar-refractivity contribution in [2.75, 3.05) is 18.5 Å². The number of ether oxygens (including phenoxy) is 2. The van der Waals surface area contributed by atoms with Crippen LogP contribution >= 0.6 is 11.6 Å². The van der Waals surface area contributed by atoms with Crippen LogP contribution in [0.3, 0.4) is 0 Å². The van der Waals surface area contributed by atoms with Gasteiger partial charge in [-0.15, -0.1) is 0 Å². The summed E-state index contributed by atoms with van der Waals surface area (Å²) < 4.78 is 24.6. The minimum absolute atomic E-state index is 0.126. The number of amides is 1. The molecule has 0 aliphatic carbocycles. The lowest BCUT2D eigenvalue weighted by atomic mass is 10.1. The number of nitriles is 1. The maximum absolute atomic E-state index is 13.1. The molecule has 0 saturated carbocycles. The topological polar surface area (TPSA) is 71.3 Å². The summed E-state index contributed by atoms with van der Waals surface area (Å²) in [7, 11) is 0. The lowest BCUT2D eigenvalue weighted by Crippen LogP contribution is -2.13. The van der Waals surface area contributed by atoms with Gasteiger partial charge in [0.2, 0.25) is 0 Å². The lowest BCUT2D eigenvalue weighted by Gasteiger charge is -2.14. The average Bonchev–Trinajstić information content (AvgIpc) is 2.80. The summed E-state index contributed by atoms with van der Waals surface area (Å²) >= 11 is 6.45. The number of hydrogen-bond donors (Lipinski definition) is 1. The van der Waals surface area contributed by atoms with Crippen LogP contribution in [0.5, 0.6) is 11.5 Å². The summed E-state index contributed by atoms with van der Waals surface area (Å²) in [5.74, 6) is -0.112. The SMILES string of the molecule is CCCCCCCCOc1c(Cl)cc(/C=C(\C#N)C(=O)Nc2ccc(F)cc2)cc1OCC. The van der Waals surface area contributed by atoms with Gasteiger partial charge in [0.15, 0.2) is 11.5 Å². The molecule has 5 nitrogen and oxygen atoms in total. The van der Waals surface area contributed by atoms with Gasteiger partial charge in [-0.25, -0.2) is 4.39 Å². The summed E-state index contributed by atoms with van der Waals surface area (Å²) in [6.07, 6.45) is 8.33. The molecule has 0 unspecified atom stereocenters. The van der Waals surface area contributed by atoms with Crippen LogP contribution in [0.2, 0.25) is 5.02 Å². The predicted octanol–water partition coefficient (Wildman–Crippen LogP) is 7.16. The Kier molecular flexibility index (Phi) is 11.3. The summed E-state index contributed by atoms with van der Waals surface area (Å²) in [4.78, 5) is 12.5. The van der Waals surface area contributed by atoms with E-state index in [1.807, 2.05) is 13.0 Å². The van der Waals surface area contributed by atoms with Gasteiger partial charge in [0.25, 0.3) is 5.91 Å². The monoisotopic (exact) mass is 472 g/mol. The standard InChI is InChI=1S/C26H30ClFN2O3/c1-3-5-6-7-8-9-14-33-25-23(27)16-19(17-24(25)32-4-2)15-20(18-29)26(31)30-22-12-10-21(28)11-13-22/h10-13,15-17H,3-9,14H2,1-2H3,(H,30,31)/b20-15+. The fraction of sp³-hybridized carbons (Fsp3) is 0.385. The van der Waals surface area contributed by atoms with Gasteiger partial charge < -0.3 is 14.8 Å². The zero-order valence-electron chi connectivity index (χ0n) is 19.1. The van der Waals surface area contributed by atoms with Crippen LogP contribution in [-0.4, -0.2) is 19.1 Å². The Hall–Kier alpha value is -3.04.